The molecule has 6 nitrogen and oxygen atoms in total. The first-order chi connectivity index (χ1) is 13.2. The molecule has 0 atom stereocenters. The predicted molar refractivity (Wildman–Crippen MR) is 107 cm³/mol. The van der Waals surface area contributed by atoms with Gasteiger partial charge in [-0.25, -0.2) is 0 Å². The van der Waals surface area contributed by atoms with Crippen molar-refractivity contribution in [3.8, 4) is 17.2 Å². The van der Waals surface area contributed by atoms with Crippen LogP contribution in [0.4, 0.5) is 0 Å². The van der Waals surface area contributed by atoms with Crippen molar-refractivity contribution >= 4 is 5.96 Å². The van der Waals surface area contributed by atoms with Gasteiger partial charge in [-0.15, -0.1) is 0 Å². The number of hydrogen-bond acceptors (Lipinski definition) is 4. The fourth-order valence-electron chi connectivity index (χ4n) is 2.96. The van der Waals surface area contributed by atoms with Crippen LogP contribution >= 0.6 is 0 Å². The van der Waals surface area contributed by atoms with Crippen molar-refractivity contribution in [1.82, 2.24) is 10.2 Å². The summed E-state index contributed by atoms with van der Waals surface area (Å²) >= 11 is 0. The van der Waals surface area contributed by atoms with Crippen LogP contribution < -0.4 is 19.5 Å². The summed E-state index contributed by atoms with van der Waals surface area (Å²) in [5, 5.41) is 3.41. The van der Waals surface area contributed by atoms with Gasteiger partial charge < -0.3 is 24.4 Å². The summed E-state index contributed by atoms with van der Waals surface area (Å²) in [5.74, 6) is 3.32. The molecule has 0 saturated heterocycles. The third-order valence-corrected chi connectivity index (χ3v) is 4.41. The molecule has 0 radical (unpaired) electrons. The Morgan fingerprint density at radius 3 is 2.48 bits per heavy atom. The molecule has 2 aromatic carbocycles. The first-order valence-electron chi connectivity index (χ1n) is 9.13. The molecule has 144 valence electrons. The van der Waals surface area contributed by atoms with Crippen molar-refractivity contribution < 1.29 is 14.2 Å². The second kappa shape index (κ2) is 9.16. The molecule has 1 aliphatic heterocycles. The summed E-state index contributed by atoms with van der Waals surface area (Å²) in [5.41, 5.74) is 2.31. The van der Waals surface area contributed by atoms with E-state index in [2.05, 4.69) is 33.4 Å². The number of nitrogens with zero attached hydrogens (tertiary/aromatic N) is 2. The molecule has 0 aliphatic carbocycles. The van der Waals surface area contributed by atoms with E-state index in [0.29, 0.717) is 19.8 Å². The van der Waals surface area contributed by atoms with E-state index in [1.807, 2.05) is 31.3 Å². The zero-order valence-electron chi connectivity index (χ0n) is 16.2. The Bertz CT molecular complexity index is 775. The molecule has 3 rings (SSSR count). The minimum atomic E-state index is 0.663. The molecular weight excluding hydrogens is 342 g/mol. The van der Waals surface area contributed by atoms with E-state index in [-0.39, 0.29) is 0 Å². The molecule has 0 unspecified atom stereocenters. The second-order valence-corrected chi connectivity index (χ2v) is 6.44. The molecule has 6 heteroatoms. The van der Waals surface area contributed by atoms with Gasteiger partial charge in [-0.1, -0.05) is 18.2 Å². The lowest BCUT2D eigenvalue weighted by molar-refractivity contribution is 0.297. The average molecular weight is 369 g/mol. The van der Waals surface area contributed by atoms with E-state index in [4.69, 9.17) is 14.2 Å². The van der Waals surface area contributed by atoms with Crippen molar-refractivity contribution in [3.05, 3.63) is 53.6 Å². The highest BCUT2D eigenvalue weighted by atomic mass is 16.5. The maximum absolute atomic E-state index is 5.76. The lowest BCUT2D eigenvalue weighted by atomic mass is 10.2. The van der Waals surface area contributed by atoms with E-state index in [9.17, 15) is 0 Å². The predicted octanol–water partition coefficient (Wildman–Crippen LogP) is 3.06. The van der Waals surface area contributed by atoms with Gasteiger partial charge in [0.25, 0.3) is 0 Å². The van der Waals surface area contributed by atoms with Crippen LogP contribution in [0.2, 0.25) is 0 Å². The molecule has 2 aromatic rings. The standard InChI is InChI=1S/C21H27N3O3/c1-22-21(24(2)15-16-5-8-18(25-3)9-6-16)23-14-17-7-10-19-20(13-17)27-12-4-11-26-19/h5-10,13H,4,11-12,14-15H2,1-3H3,(H,22,23). The number of guanidine groups is 1. The molecule has 0 bridgehead atoms. The van der Waals surface area contributed by atoms with Crippen molar-refractivity contribution in [2.45, 2.75) is 19.5 Å². The van der Waals surface area contributed by atoms with Crippen LogP contribution in [-0.4, -0.2) is 45.3 Å². The van der Waals surface area contributed by atoms with Gasteiger partial charge in [0.1, 0.15) is 5.75 Å². The van der Waals surface area contributed by atoms with Gasteiger partial charge in [-0.05, 0) is 35.4 Å². The van der Waals surface area contributed by atoms with Gasteiger partial charge in [0.15, 0.2) is 17.5 Å². The molecule has 0 spiro atoms. The van der Waals surface area contributed by atoms with Gasteiger partial charge in [0.2, 0.25) is 0 Å². The van der Waals surface area contributed by atoms with E-state index in [1.54, 1.807) is 14.2 Å². The van der Waals surface area contributed by atoms with E-state index in [0.717, 1.165) is 41.7 Å². The Balaban J connectivity index is 1.59. The first-order valence-corrected chi connectivity index (χ1v) is 9.13. The van der Waals surface area contributed by atoms with Crippen LogP contribution in [0.1, 0.15) is 17.5 Å². The quantitative estimate of drug-likeness (QED) is 0.648. The molecule has 0 saturated carbocycles. The summed E-state index contributed by atoms with van der Waals surface area (Å²) in [6, 6.07) is 14.1. The number of ether oxygens (including phenoxy) is 3. The second-order valence-electron chi connectivity index (χ2n) is 6.44. The number of fused-ring (bicyclic) bond motifs is 1. The number of hydrogen-bond donors (Lipinski definition) is 1. The zero-order valence-corrected chi connectivity index (χ0v) is 16.2. The third-order valence-electron chi connectivity index (χ3n) is 4.41. The number of methoxy groups -OCH3 is 1. The van der Waals surface area contributed by atoms with Gasteiger partial charge in [-0.3, -0.25) is 4.99 Å². The fraction of sp³-hybridized carbons (Fsp3) is 0.381. The molecule has 1 heterocycles. The highest BCUT2D eigenvalue weighted by Crippen LogP contribution is 2.30. The summed E-state index contributed by atoms with van der Waals surface area (Å²) in [6.45, 7) is 2.81. The third kappa shape index (κ3) is 5.06. The highest BCUT2D eigenvalue weighted by molar-refractivity contribution is 5.79. The molecule has 0 fully saturated rings. The Hall–Kier alpha value is -2.89. The molecule has 0 aromatic heterocycles. The van der Waals surface area contributed by atoms with Crippen LogP contribution in [0, 0.1) is 0 Å². The largest absolute Gasteiger partial charge is 0.497 e. The van der Waals surface area contributed by atoms with Crippen LogP contribution in [-0.2, 0) is 13.1 Å². The zero-order chi connectivity index (χ0) is 19.1. The summed E-state index contributed by atoms with van der Waals surface area (Å²) in [6.07, 6.45) is 0.908. The normalized spacial score (nSPS) is 13.7. The van der Waals surface area contributed by atoms with Crippen LogP contribution in [0.3, 0.4) is 0 Å². The maximum Gasteiger partial charge on any atom is 0.193 e. The van der Waals surface area contributed by atoms with Gasteiger partial charge >= 0.3 is 0 Å². The van der Waals surface area contributed by atoms with E-state index < -0.39 is 0 Å². The van der Waals surface area contributed by atoms with E-state index >= 15 is 0 Å². The average Bonchev–Trinajstić information content (AvgIpc) is 2.94. The Kier molecular flexibility index (Phi) is 6.41. The molecule has 27 heavy (non-hydrogen) atoms. The fourth-order valence-corrected chi connectivity index (χ4v) is 2.96. The van der Waals surface area contributed by atoms with Gasteiger partial charge in [-0.2, -0.15) is 0 Å². The SMILES string of the molecule is CN=C(NCc1ccc2c(c1)OCCCO2)N(C)Cc1ccc(OC)cc1. The Morgan fingerprint density at radius 2 is 1.78 bits per heavy atom. The molecule has 0 amide bonds. The van der Waals surface area contributed by atoms with Crippen LogP contribution in [0.15, 0.2) is 47.5 Å². The smallest absolute Gasteiger partial charge is 0.193 e. The topological polar surface area (TPSA) is 55.3 Å². The van der Waals surface area contributed by atoms with Gasteiger partial charge in [0.05, 0.1) is 20.3 Å². The van der Waals surface area contributed by atoms with Gasteiger partial charge in [0, 0.05) is 33.6 Å². The summed E-state index contributed by atoms with van der Waals surface area (Å²) in [4.78, 5) is 6.47. The monoisotopic (exact) mass is 369 g/mol. The highest BCUT2D eigenvalue weighted by Gasteiger charge is 2.12. The lowest BCUT2D eigenvalue weighted by Gasteiger charge is -2.22. The summed E-state index contributed by atoms with van der Waals surface area (Å²) in [7, 11) is 5.49. The van der Waals surface area contributed by atoms with Crippen molar-refractivity contribution in [3.63, 3.8) is 0 Å². The number of rotatable bonds is 5. The van der Waals surface area contributed by atoms with E-state index in [1.165, 1.54) is 5.56 Å². The van der Waals surface area contributed by atoms with Crippen LogP contribution in [0.25, 0.3) is 0 Å². The number of benzene rings is 2. The minimum absolute atomic E-state index is 0.663. The van der Waals surface area contributed by atoms with Crippen LogP contribution in [0.5, 0.6) is 17.2 Å². The maximum atomic E-state index is 5.76. The van der Waals surface area contributed by atoms with Crippen molar-refractivity contribution in [2.75, 3.05) is 34.4 Å². The molecule has 1 N–H and O–H groups in total. The lowest BCUT2D eigenvalue weighted by Crippen LogP contribution is -2.38. The minimum Gasteiger partial charge on any atom is -0.497 e. The Morgan fingerprint density at radius 1 is 1.07 bits per heavy atom. The first kappa shape index (κ1) is 18.9. The number of nitrogens with one attached hydrogen (secondary N) is 1. The van der Waals surface area contributed by atoms with Crippen molar-refractivity contribution in [2.24, 2.45) is 4.99 Å². The Labute approximate surface area is 160 Å². The summed E-state index contributed by atoms with van der Waals surface area (Å²) < 4.78 is 16.7. The van der Waals surface area contributed by atoms with Crippen molar-refractivity contribution in [1.29, 1.82) is 0 Å². The molecular formula is C21H27N3O3. The molecule has 1 aliphatic rings. The number of aliphatic imine (C=N–C) groups is 1.